The van der Waals surface area contributed by atoms with Crippen LogP contribution in [0.15, 0.2) is 48.8 Å². The first kappa shape index (κ1) is 21.7. The zero-order chi connectivity index (χ0) is 22.9. The summed E-state index contributed by atoms with van der Waals surface area (Å²) >= 11 is 1.28. The third kappa shape index (κ3) is 4.53. The molecule has 0 fully saturated rings. The number of hydrogen-bond acceptors (Lipinski definition) is 7. The lowest BCUT2D eigenvalue weighted by Crippen LogP contribution is -2.06. The van der Waals surface area contributed by atoms with Crippen LogP contribution in [0, 0.1) is 0 Å². The molecule has 1 amide bonds. The van der Waals surface area contributed by atoms with Crippen molar-refractivity contribution in [2.75, 3.05) is 5.32 Å². The normalized spacial score (nSPS) is 11.5. The minimum atomic E-state index is -4.52. The van der Waals surface area contributed by atoms with Crippen LogP contribution in [0.3, 0.4) is 0 Å². The van der Waals surface area contributed by atoms with Gasteiger partial charge in [-0.05, 0) is 29.8 Å². The molecule has 2 N–H and O–H groups in total. The van der Waals surface area contributed by atoms with E-state index < -0.39 is 18.3 Å². The number of aliphatic hydroxyl groups is 1. The van der Waals surface area contributed by atoms with Crippen molar-refractivity contribution in [2.24, 2.45) is 0 Å². The van der Waals surface area contributed by atoms with E-state index in [-0.39, 0.29) is 23.0 Å². The summed E-state index contributed by atoms with van der Waals surface area (Å²) in [5.74, 6) is 0.276. The van der Waals surface area contributed by atoms with E-state index in [0.29, 0.717) is 22.0 Å². The third-order valence-corrected chi connectivity index (χ3v) is 5.34. The lowest BCUT2D eigenvalue weighted by molar-refractivity contribution is -0.137. The van der Waals surface area contributed by atoms with Crippen LogP contribution in [0.2, 0.25) is 0 Å². The molecule has 4 aromatic rings. The number of aliphatic hydroxyl groups excluding tert-OH is 1. The number of benzene rings is 2. The first-order valence-electron chi connectivity index (χ1n) is 9.23. The number of alkyl halides is 3. The molecule has 0 atom stereocenters. The predicted molar refractivity (Wildman–Crippen MR) is 112 cm³/mol. The van der Waals surface area contributed by atoms with Crippen LogP contribution in [0.25, 0.3) is 21.5 Å². The minimum Gasteiger partial charge on any atom is -0.437 e. The Morgan fingerprint density at radius 3 is 2.72 bits per heavy atom. The van der Waals surface area contributed by atoms with Gasteiger partial charge in [-0.1, -0.05) is 23.5 Å². The number of carbonyl (C=O) groups is 1. The van der Waals surface area contributed by atoms with Gasteiger partial charge in [0.1, 0.15) is 11.8 Å². The van der Waals surface area contributed by atoms with Crippen LogP contribution in [0.4, 0.5) is 18.3 Å². The zero-order valence-corrected chi connectivity index (χ0v) is 17.3. The highest BCUT2D eigenvalue weighted by Gasteiger charge is 2.31. The Bertz CT molecular complexity index is 1310. The van der Waals surface area contributed by atoms with Crippen molar-refractivity contribution in [3.8, 4) is 22.9 Å². The second-order valence-electron chi connectivity index (χ2n) is 6.67. The number of fused-ring (bicyclic) bond motifs is 1. The van der Waals surface area contributed by atoms with Gasteiger partial charge in [-0.25, -0.2) is 15.0 Å². The molecule has 11 heteroatoms. The Balaban J connectivity index is 1.68. The molecule has 0 saturated carbocycles. The fourth-order valence-corrected chi connectivity index (χ4v) is 3.95. The Hall–Kier alpha value is -3.57. The van der Waals surface area contributed by atoms with Gasteiger partial charge in [-0.2, -0.15) is 13.2 Å². The smallest absolute Gasteiger partial charge is 0.416 e. The van der Waals surface area contributed by atoms with Gasteiger partial charge in [0.2, 0.25) is 11.8 Å². The number of para-hydroxylation sites is 1. The largest absolute Gasteiger partial charge is 0.437 e. The summed E-state index contributed by atoms with van der Waals surface area (Å²) in [5, 5.41) is 12.6. The molecular weight excluding hydrogens is 445 g/mol. The maximum Gasteiger partial charge on any atom is 0.416 e. The summed E-state index contributed by atoms with van der Waals surface area (Å²) < 4.78 is 45.6. The minimum absolute atomic E-state index is 0.0750. The van der Waals surface area contributed by atoms with E-state index in [4.69, 9.17) is 4.74 Å². The average molecular weight is 460 g/mol. The van der Waals surface area contributed by atoms with Gasteiger partial charge in [0, 0.05) is 18.6 Å². The van der Waals surface area contributed by atoms with Crippen molar-refractivity contribution < 1.29 is 27.8 Å². The molecule has 0 aliphatic rings. The summed E-state index contributed by atoms with van der Waals surface area (Å²) in [6.07, 6.45) is -3.31. The topological polar surface area (TPSA) is 97.2 Å². The van der Waals surface area contributed by atoms with Crippen LogP contribution < -0.4 is 10.1 Å². The summed E-state index contributed by atoms with van der Waals surface area (Å²) in [6.45, 7) is 0.789. The van der Waals surface area contributed by atoms with E-state index in [1.54, 1.807) is 12.1 Å². The molecule has 0 bridgehead atoms. The monoisotopic (exact) mass is 460 g/mol. The lowest BCUT2D eigenvalue weighted by atomic mass is 10.0. The number of anilines is 1. The second-order valence-corrected chi connectivity index (χ2v) is 7.71. The predicted octanol–water partition coefficient (Wildman–Crippen LogP) is 5.02. The van der Waals surface area contributed by atoms with Gasteiger partial charge in [0.25, 0.3) is 0 Å². The standard InChI is InChI=1S/C21H15F3N4O3S/c1-11(30)27-20-28-19-16(3-2-4-17(19)32-20)31-18-8-15(25-10-26-18)14-6-5-13(21(22,23)24)7-12(14)9-29/h2-8,10,29H,9H2,1H3,(H,27,28,30). The van der Waals surface area contributed by atoms with Crippen LogP contribution in [0.1, 0.15) is 18.1 Å². The van der Waals surface area contributed by atoms with Crippen LogP contribution >= 0.6 is 11.3 Å². The SMILES string of the molecule is CC(=O)Nc1nc2c(Oc3cc(-c4ccc(C(F)(F)F)cc4CO)ncn3)cccc2s1. The Labute approximate surface area is 183 Å². The molecule has 32 heavy (non-hydrogen) atoms. The maximum absolute atomic E-state index is 13.0. The van der Waals surface area contributed by atoms with Gasteiger partial charge in [-0.3, -0.25) is 4.79 Å². The van der Waals surface area contributed by atoms with Gasteiger partial charge in [-0.15, -0.1) is 0 Å². The molecule has 0 aliphatic heterocycles. The molecule has 0 spiro atoms. The number of amides is 1. The van der Waals surface area contributed by atoms with Crippen molar-refractivity contribution in [2.45, 2.75) is 19.7 Å². The fraction of sp³-hybridized carbons (Fsp3) is 0.143. The summed E-state index contributed by atoms with van der Waals surface area (Å²) in [5.41, 5.74) is 0.351. The van der Waals surface area contributed by atoms with Crippen molar-refractivity contribution >= 4 is 32.6 Å². The van der Waals surface area contributed by atoms with E-state index in [9.17, 15) is 23.1 Å². The Morgan fingerprint density at radius 2 is 2.00 bits per heavy atom. The molecule has 2 aromatic heterocycles. The Morgan fingerprint density at radius 1 is 1.19 bits per heavy atom. The second kappa shape index (κ2) is 8.52. The number of thiazole rings is 1. The molecule has 7 nitrogen and oxygen atoms in total. The summed E-state index contributed by atoms with van der Waals surface area (Å²) in [7, 11) is 0. The van der Waals surface area contributed by atoms with E-state index in [2.05, 4.69) is 20.3 Å². The number of aromatic nitrogens is 3. The third-order valence-electron chi connectivity index (χ3n) is 4.40. The number of halogens is 3. The van der Waals surface area contributed by atoms with E-state index >= 15 is 0 Å². The molecule has 2 aromatic carbocycles. The first-order chi connectivity index (χ1) is 15.2. The highest BCUT2D eigenvalue weighted by molar-refractivity contribution is 7.22. The molecule has 0 saturated heterocycles. The molecular formula is C21H15F3N4O3S. The highest BCUT2D eigenvalue weighted by atomic mass is 32.1. The quantitative estimate of drug-likeness (QED) is 0.434. The average Bonchev–Trinajstić information content (AvgIpc) is 3.15. The van der Waals surface area contributed by atoms with Gasteiger partial charge in [0.15, 0.2) is 10.9 Å². The lowest BCUT2D eigenvalue weighted by Gasteiger charge is -2.12. The van der Waals surface area contributed by atoms with Crippen LogP contribution in [-0.2, 0) is 17.6 Å². The zero-order valence-electron chi connectivity index (χ0n) is 16.5. The summed E-state index contributed by atoms with van der Waals surface area (Å²) in [6, 6.07) is 9.79. The number of hydrogen-bond donors (Lipinski definition) is 2. The van der Waals surface area contributed by atoms with Crippen molar-refractivity contribution in [3.63, 3.8) is 0 Å². The van der Waals surface area contributed by atoms with Crippen molar-refractivity contribution in [1.29, 1.82) is 0 Å². The van der Waals surface area contributed by atoms with Gasteiger partial charge in [0.05, 0.1) is 22.6 Å². The first-order valence-corrected chi connectivity index (χ1v) is 10.0. The van der Waals surface area contributed by atoms with E-state index in [0.717, 1.165) is 16.8 Å². The highest BCUT2D eigenvalue weighted by Crippen LogP contribution is 2.36. The summed E-state index contributed by atoms with van der Waals surface area (Å²) in [4.78, 5) is 23.8. The number of carbonyl (C=O) groups excluding carboxylic acids is 1. The molecule has 2 heterocycles. The molecule has 4 rings (SSSR count). The Kier molecular flexibility index (Phi) is 5.76. The maximum atomic E-state index is 13.0. The van der Waals surface area contributed by atoms with Gasteiger partial charge < -0.3 is 15.2 Å². The molecule has 0 unspecified atom stereocenters. The van der Waals surface area contributed by atoms with Gasteiger partial charge >= 0.3 is 6.18 Å². The van der Waals surface area contributed by atoms with Crippen molar-refractivity contribution in [3.05, 3.63) is 59.9 Å². The number of rotatable bonds is 5. The van der Waals surface area contributed by atoms with Crippen LogP contribution in [0.5, 0.6) is 11.6 Å². The molecule has 164 valence electrons. The van der Waals surface area contributed by atoms with E-state index in [1.165, 1.54) is 36.7 Å². The van der Waals surface area contributed by atoms with E-state index in [1.807, 2.05) is 6.07 Å². The number of nitrogens with one attached hydrogen (secondary N) is 1. The fourth-order valence-electron chi connectivity index (χ4n) is 3.02. The van der Waals surface area contributed by atoms with Crippen LogP contribution in [-0.4, -0.2) is 26.0 Å². The number of ether oxygens (including phenoxy) is 1. The number of nitrogens with zero attached hydrogens (tertiary/aromatic N) is 3. The van der Waals surface area contributed by atoms with Crippen molar-refractivity contribution in [1.82, 2.24) is 15.0 Å². The molecule has 0 radical (unpaired) electrons. The molecule has 0 aliphatic carbocycles.